The number of anilines is 1. The quantitative estimate of drug-likeness (QED) is 0.484. The number of hydrogen-bond donors (Lipinski definition) is 1. The Morgan fingerprint density at radius 3 is 2.45 bits per heavy atom. The molecule has 9 nitrogen and oxygen atoms in total. The fourth-order valence-electron chi connectivity index (χ4n) is 3.55. The molecule has 0 saturated heterocycles. The smallest absolute Gasteiger partial charge is 0.300 e. The van der Waals surface area contributed by atoms with Crippen molar-refractivity contribution in [2.45, 2.75) is 0 Å². The summed E-state index contributed by atoms with van der Waals surface area (Å²) in [7, 11) is 0. The first-order valence-electron chi connectivity index (χ1n) is 9.19. The van der Waals surface area contributed by atoms with Crippen molar-refractivity contribution < 1.29 is 9.59 Å². The molecule has 1 aliphatic heterocycles. The number of rotatable bonds is 3. The van der Waals surface area contributed by atoms with Gasteiger partial charge < -0.3 is 5.73 Å². The van der Waals surface area contributed by atoms with Crippen LogP contribution in [0.1, 0.15) is 5.56 Å². The number of aromatic nitrogens is 3. The summed E-state index contributed by atoms with van der Waals surface area (Å²) in [6.45, 7) is -0.315. The number of carbonyl (C=O) groups excluding carboxylic acids is 2. The number of amides is 2. The van der Waals surface area contributed by atoms with Gasteiger partial charge in [-0.15, -0.1) is 0 Å². The lowest BCUT2D eigenvalue weighted by Crippen LogP contribution is -2.37. The maximum absolute atomic E-state index is 13.2. The third-order valence-electron chi connectivity index (χ3n) is 4.87. The lowest BCUT2D eigenvalue weighted by atomic mass is 10.1. The number of benzene rings is 2. The van der Waals surface area contributed by atoms with E-state index < -0.39 is 22.9 Å². The number of carbonyl (C=O) groups is 2. The third-order valence-corrected chi connectivity index (χ3v) is 5.90. The fourth-order valence-corrected chi connectivity index (χ4v) is 4.54. The molecule has 2 aromatic carbocycles. The van der Waals surface area contributed by atoms with Gasteiger partial charge in [0.05, 0.1) is 11.3 Å². The van der Waals surface area contributed by atoms with Crippen molar-refractivity contribution in [1.29, 1.82) is 0 Å². The van der Waals surface area contributed by atoms with E-state index in [4.69, 9.17) is 5.73 Å². The van der Waals surface area contributed by atoms with Crippen molar-refractivity contribution in [3.8, 4) is 11.3 Å². The Hall–Kier alpha value is -4.18. The Balaban J connectivity index is 1.80. The van der Waals surface area contributed by atoms with Crippen molar-refractivity contribution >= 4 is 39.4 Å². The molecule has 0 fully saturated rings. The van der Waals surface area contributed by atoms with Crippen LogP contribution in [0.2, 0.25) is 0 Å². The molecule has 2 N–H and O–H groups in total. The van der Waals surface area contributed by atoms with E-state index in [0.717, 1.165) is 15.9 Å². The number of nitrogens with zero attached hydrogens (tertiary/aromatic N) is 4. The Labute approximate surface area is 177 Å². The molecular formula is C21H13N5O4S. The van der Waals surface area contributed by atoms with E-state index in [1.165, 1.54) is 4.90 Å². The number of primary amides is 1. The van der Waals surface area contributed by atoms with E-state index in [1.807, 2.05) is 0 Å². The molecule has 2 aromatic heterocycles. The van der Waals surface area contributed by atoms with Gasteiger partial charge in [-0.2, -0.15) is 14.6 Å². The van der Waals surface area contributed by atoms with Gasteiger partial charge in [0.2, 0.25) is 10.9 Å². The predicted molar refractivity (Wildman–Crippen MR) is 115 cm³/mol. The minimum absolute atomic E-state index is 0.0399. The minimum Gasteiger partial charge on any atom is -0.368 e. The van der Waals surface area contributed by atoms with Crippen LogP contribution in [0.4, 0.5) is 5.69 Å². The number of hydrogen-bond acceptors (Lipinski definition) is 7. The zero-order valence-electron chi connectivity index (χ0n) is 15.8. The molecule has 0 saturated carbocycles. The van der Waals surface area contributed by atoms with Crippen molar-refractivity contribution in [2.24, 2.45) is 5.73 Å². The van der Waals surface area contributed by atoms with Crippen LogP contribution in [0.15, 0.2) is 64.2 Å². The van der Waals surface area contributed by atoms with Gasteiger partial charge in [0.1, 0.15) is 11.1 Å². The second kappa shape index (κ2) is 6.96. The van der Waals surface area contributed by atoms with Crippen LogP contribution in [0.25, 0.3) is 21.8 Å². The zero-order valence-corrected chi connectivity index (χ0v) is 16.6. The number of fused-ring (bicyclic) bond motifs is 2. The van der Waals surface area contributed by atoms with E-state index >= 15 is 0 Å². The molecule has 0 radical (unpaired) electrons. The van der Waals surface area contributed by atoms with E-state index in [9.17, 15) is 19.2 Å². The summed E-state index contributed by atoms with van der Waals surface area (Å²) >= 11 is 0.904. The molecule has 3 heterocycles. The van der Waals surface area contributed by atoms with Crippen LogP contribution in [-0.4, -0.2) is 33.0 Å². The maximum Gasteiger partial charge on any atom is 0.300 e. The maximum atomic E-state index is 13.2. The predicted octanol–water partition coefficient (Wildman–Crippen LogP) is -0.0720. The Morgan fingerprint density at radius 2 is 1.71 bits per heavy atom. The molecule has 0 spiro atoms. The monoisotopic (exact) mass is 431 g/mol. The van der Waals surface area contributed by atoms with Gasteiger partial charge in [0.25, 0.3) is 11.5 Å². The lowest BCUT2D eigenvalue weighted by molar-refractivity contribution is -0.119. The number of thiazole rings is 1. The first kappa shape index (κ1) is 18.8. The van der Waals surface area contributed by atoms with Crippen LogP contribution in [0, 0.1) is 0 Å². The molecule has 10 heteroatoms. The van der Waals surface area contributed by atoms with Crippen LogP contribution < -0.4 is 26.3 Å². The summed E-state index contributed by atoms with van der Waals surface area (Å²) in [5.74, 6) is -1.20. The highest BCUT2D eigenvalue weighted by Crippen LogP contribution is 2.34. The molecule has 0 atom stereocenters. The molecule has 2 amide bonds. The number of nitrogens with two attached hydrogens (primary N) is 1. The second-order valence-corrected chi connectivity index (χ2v) is 7.79. The summed E-state index contributed by atoms with van der Waals surface area (Å²) in [5.41, 5.74) is 5.85. The lowest BCUT2D eigenvalue weighted by Gasteiger charge is -2.14. The first-order chi connectivity index (χ1) is 15.0. The second-order valence-electron chi connectivity index (χ2n) is 6.81. The molecule has 0 bridgehead atoms. The van der Waals surface area contributed by atoms with Crippen molar-refractivity contribution in [3.63, 3.8) is 0 Å². The Bertz CT molecular complexity index is 1560. The molecule has 0 unspecified atom stereocenters. The highest BCUT2D eigenvalue weighted by atomic mass is 32.1. The van der Waals surface area contributed by atoms with Crippen LogP contribution in [0.5, 0.6) is 0 Å². The Kier molecular flexibility index (Phi) is 4.22. The average molecular weight is 431 g/mol. The van der Waals surface area contributed by atoms with E-state index in [2.05, 4.69) is 10.1 Å². The van der Waals surface area contributed by atoms with Gasteiger partial charge in [-0.25, -0.2) is 0 Å². The zero-order chi connectivity index (χ0) is 21.7. The molecule has 0 aliphatic carbocycles. The molecular weight excluding hydrogens is 418 g/mol. The molecule has 4 aromatic rings. The van der Waals surface area contributed by atoms with Gasteiger partial charge in [-0.3, -0.25) is 24.1 Å². The van der Waals surface area contributed by atoms with E-state index in [0.29, 0.717) is 16.8 Å². The van der Waals surface area contributed by atoms with Crippen molar-refractivity contribution in [3.05, 3.63) is 85.4 Å². The summed E-state index contributed by atoms with van der Waals surface area (Å²) < 4.78 is 1.12. The van der Waals surface area contributed by atoms with Crippen LogP contribution in [-0.2, 0) is 9.59 Å². The first-order valence-corrected chi connectivity index (χ1v) is 10.0. The normalized spacial score (nSPS) is 14.8. The molecule has 152 valence electrons. The SMILES string of the molecule is NC(=O)CN1C(=O)/C(=c2\sc3nc(=O)c(-c4ccccc4)nn3c2=O)c2ccccc21. The van der Waals surface area contributed by atoms with E-state index in [-0.39, 0.29) is 27.3 Å². The number of para-hydroxylation sites is 1. The molecule has 31 heavy (non-hydrogen) atoms. The van der Waals surface area contributed by atoms with Gasteiger partial charge in [-0.05, 0) is 6.07 Å². The summed E-state index contributed by atoms with van der Waals surface area (Å²) in [4.78, 5) is 55.6. The Morgan fingerprint density at radius 1 is 1.00 bits per heavy atom. The summed E-state index contributed by atoms with van der Waals surface area (Å²) in [5, 5.41) is 4.21. The largest absolute Gasteiger partial charge is 0.368 e. The minimum atomic E-state index is -0.677. The molecule has 5 rings (SSSR count). The van der Waals surface area contributed by atoms with Crippen LogP contribution >= 0.6 is 11.3 Å². The summed E-state index contributed by atoms with van der Waals surface area (Å²) in [6.07, 6.45) is 0. The van der Waals surface area contributed by atoms with Crippen molar-refractivity contribution in [2.75, 3.05) is 11.4 Å². The van der Waals surface area contributed by atoms with Gasteiger partial charge >= 0.3 is 5.56 Å². The van der Waals surface area contributed by atoms with Gasteiger partial charge in [0.15, 0.2) is 5.69 Å². The highest BCUT2D eigenvalue weighted by molar-refractivity contribution is 7.15. The van der Waals surface area contributed by atoms with Gasteiger partial charge in [-0.1, -0.05) is 59.9 Å². The summed E-state index contributed by atoms with van der Waals surface area (Å²) in [6, 6.07) is 15.5. The van der Waals surface area contributed by atoms with Crippen LogP contribution in [0.3, 0.4) is 0 Å². The van der Waals surface area contributed by atoms with Crippen molar-refractivity contribution in [1.82, 2.24) is 14.6 Å². The third kappa shape index (κ3) is 2.92. The molecule has 1 aliphatic rings. The average Bonchev–Trinajstić information content (AvgIpc) is 3.21. The standard InChI is InChI=1S/C21H13N5O4S/c22-14(27)10-25-13-9-5-4-8-12(13)15(19(25)29)17-20(30)26-21(31-17)23-18(28)16(24-26)11-6-2-1-3-7-11/h1-9H,10H2,(H2,22,27)/b17-15-. The van der Waals surface area contributed by atoms with Gasteiger partial charge in [0, 0.05) is 11.1 Å². The topological polar surface area (TPSA) is 128 Å². The highest BCUT2D eigenvalue weighted by Gasteiger charge is 2.34. The van der Waals surface area contributed by atoms with E-state index in [1.54, 1.807) is 54.6 Å². The fraction of sp³-hybridized carbons (Fsp3) is 0.0476.